The lowest BCUT2D eigenvalue weighted by Crippen LogP contribution is -2.20. The SMILES string of the molecule is CN(CCCC(=O)O)Cc1ccc(Cl)c2cccnc12. The lowest BCUT2D eigenvalue weighted by atomic mass is 10.1. The number of carboxylic acid groups (broad SMARTS) is 1. The second-order valence-corrected chi connectivity index (χ2v) is 5.25. The standard InChI is InChI=1S/C15H17ClN2O2/c1-18(9-3-5-14(19)20)10-11-6-7-13(16)12-4-2-8-17-15(11)12/h2,4,6-8H,3,5,9-10H2,1H3,(H,19,20). The first-order chi connectivity index (χ1) is 9.58. The van der Waals surface area contributed by atoms with Gasteiger partial charge in [0.25, 0.3) is 0 Å². The van der Waals surface area contributed by atoms with E-state index in [9.17, 15) is 4.79 Å². The summed E-state index contributed by atoms with van der Waals surface area (Å²) in [5.74, 6) is -0.753. The molecule has 106 valence electrons. The van der Waals surface area contributed by atoms with Crippen LogP contribution in [0.3, 0.4) is 0 Å². The third-order valence-corrected chi connectivity index (χ3v) is 3.50. The summed E-state index contributed by atoms with van der Waals surface area (Å²) in [6.45, 7) is 1.47. The second-order valence-electron chi connectivity index (χ2n) is 4.84. The van der Waals surface area contributed by atoms with E-state index >= 15 is 0 Å². The number of benzene rings is 1. The van der Waals surface area contributed by atoms with Crippen molar-refractivity contribution >= 4 is 28.5 Å². The summed E-state index contributed by atoms with van der Waals surface area (Å²) in [7, 11) is 1.98. The molecule has 0 aliphatic rings. The van der Waals surface area contributed by atoms with E-state index in [0.717, 1.165) is 29.6 Å². The van der Waals surface area contributed by atoms with Crippen LogP contribution in [-0.4, -0.2) is 34.6 Å². The molecule has 0 spiro atoms. The van der Waals surface area contributed by atoms with E-state index in [1.807, 2.05) is 31.3 Å². The number of carbonyl (C=O) groups is 1. The predicted molar refractivity (Wildman–Crippen MR) is 80.0 cm³/mol. The van der Waals surface area contributed by atoms with E-state index < -0.39 is 5.97 Å². The van der Waals surface area contributed by atoms with Crippen molar-refractivity contribution in [1.82, 2.24) is 9.88 Å². The van der Waals surface area contributed by atoms with Crippen molar-refractivity contribution in [1.29, 1.82) is 0 Å². The van der Waals surface area contributed by atoms with E-state index in [2.05, 4.69) is 9.88 Å². The van der Waals surface area contributed by atoms with Crippen molar-refractivity contribution in [2.75, 3.05) is 13.6 Å². The molecule has 1 aromatic carbocycles. The van der Waals surface area contributed by atoms with Crippen molar-refractivity contribution in [2.24, 2.45) is 0 Å². The Morgan fingerprint density at radius 3 is 2.95 bits per heavy atom. The molecule has 0 amide bonds. The Morgan fingerprint density at radius 1 is 1.40 bits per heavy atom. The Labute approximate surface area is 123 Å². The van der Waals surface area contributed by atoms with Crippen LogP contribution in [0.25, 0.3) is 10.9 Å². The van der Waals surface area contributed by atoms with Crippen LogP contribution in [-0.2, 0) is 11.3 Å². The number of aliphatic carboxylic acids is 1. The summed E-state index contributed by atoms with van der Waals surface area (Å²) in [6.07, 6.45) is 2.60. The minimum atomic E-state index is -0.753. The Balaban J connectivity index is 2.10. The summed E-state index contributed by atoms with van der Waals surface area (Å²) in [4.78, 5) is 17.0. The number of aromatic nitrogens is 1. The van der Waals surface area contributed by atoms with Gasteiger partial charge >= 0.3 is 5.97 Å². The molecule has 0 saturated carbocycles. The van der Waals surface area contributed by atoms with Crippen molar-refractivity contribution in [3.05, 3.63) is 41.0 Å². The van der Waals surface area contributed by atoms with E-state index in [1.165, 1.54) is 0 Å². The van der Waals surface area contributed by atoms with Gasteiger partial charge in [0.05, 0.1) is 5.52 Å². The maximum Gasteiger partial charge on any atom is 0.303 e. The van der Waals surface area contributed by atoms with Crippen LogP contribution in [0.5, 0.6) is 0 Å². The highest BCUT2D eigenvalue weighted by molar-refractivity contribution is 6.35. The average Bonchev–Trinajstić information content (AvgIpc) is 2.42. The van der Waals surface area contributed by atoms with Gasteiger partial charge in [0.2, 0.25) is 0 Å². The largest absolute Gasteiger partial charge is 0.481 e. The molecule has 20 heavy (non-hydrogen) atoms. The van der Waals surface area contributed by atoms with Gasteiger partial charge < -0.3 is 10.0 Å². The molecule has 0 aliphatic heterocycles. The number of hydrogen-bond donors (Lipinski definition) is 1. The van der Waals surface area contributed by atoms with Gasteiger partial charge in [-0.15, -0.1) is 0 Å². The lowest BCUT2D eigenvalue weighted by Gasteiger charge is -2.17. The smallest absolute Gasteiger partial charge is 0.303 e. The minimum absolute atomic E-state index is 0.198. The monoisotopic (exact) mass is 292 g/mol. The number of pyridine rings is 1. The molecule has 4 nitrogen and oxygen atoms in total. The Bertz CT molecular complexity index is 616. The van der Waals surface area contributed by atoms with Crippen LogP contribution in [0.15, 0.2) is 30.5 Å². The molecule has 0 atom stereocenters. The first-order valence-corrected chi connectivity index (χ1v) is 6.88. The van der Waals surface area contributed by atoms with Gasteiger partial charge in [-0.2, -0.15) is 0 Å². The first kappa shape index (κ1) is 14.8. The summed E-state index contributed by atoms with van der Waals surface area (Å²) >= 11 is 6.17. The molecule has 2 aromatic rings. The molecule has 1 aromatic heterocycles. The van der Waals surface area contributed by atoms with Crippen molar-refractivity contribution in [3.63, 3.8) is 0 Å². The summed E-state index contributed by atoms with van der Waals surface area (Å²) in [5, 5.41) is 10.3. The number of rotatable bonds is 6. The van der Waals surface area contributed by atoms with Crippen molar-refractivity contribution in [3.8, 4) is 0 Å². The molecule has 0 saturated heterocycles. The second kappa shape index (κ2) is 6.68. The molecule has 1 N–H and O–H groups in total. The van der Waals surface area contributed by atoms with Gasteiger partial charge in [-0.3, -0.25) is 9.78 Å². The quantitative estimate of drug-likeness (QED) is 0.888. The predicted octanol–water partition coefficient (Wildman–Crippen LogP) is 3.18. The lowest BCUT2D eigenvalue weighted by molar-refractivity contribution is -0.137. The van der Waals surface area contributed by atoms with Crippen molar-refractivity contribution < 1.29 is 9.90 Å². The maximum atomic E-state index is 10.5. The highest BCUT2D eigenvalue weighted by Gasteiger charge is 2.08. The number of carboxylic acids is 1. The molecule has 0 unspecified atom stereocenters. The molecule has 0 radical (unpaired) electrons. The normalized spacial score (nSPS) is 11.2. The van der Waals surface area contributed by atoms with Gasteiger partial charge in [0.1, 0.15) is 0 Å². The van der Waals surface area contributed by atoms with Crippen LogP contribution in [0.2, 0.25) is 5.02 Å². The third-order valence-electron chi connectivity index (χ3n) is 3.17. The fraction of sp³-hybridized carbons (Fsp3) is 0.333. The molecule has 5 heteroatoms. The molecular weight excluding hydrogens is 276 g/mol. The maximum absolute atomic E-state index is 10.5. The molecule has 0 bridgehead atoms. The fourth-order valence-electron chi connectivity index (χ4n) is 2.19. The van der Waals surface area contributed by atoms with E-state index in [4.69, 9.17) is 16.7 Å². The van der Waals surface area contributed by atoms with Gasteiger partial charge in [0.15, 0.2) is 0 Å². The third kappa shape index (κ3) is 3.68. The van der Waals surface area contributed by atoms with Gasteiger partial charge in [0, 0.05) is 29.6 Å². The number of hydrogen-bond acceptors (Lipinski definition) is 3. The minimum Gasteiger partial charge on any atom is -0.481 e. The number of nitrogens with zero attached hydrogens (tertiary/aromatic N) is 2. The topological polar surface area (TPSA) is 53.4 Å². The van der Waals surface area contributed by atoms with Gasteiger partial charge in [-0.25, -0.2) is 0 Å². The molecule has 0 aliphatic carbocycles. The van der Waals surface area contributed by atoms with Gasteiger partial charge in [-0.05, 0) is 43.8 Å². The number of fused-ring (bicyclic) bond motifs is 1. The van der Waals surface area contributed by atoms with Crippen LogP contribution in [0.4, 0.5) is 0 Å². The highest BCUT2D eigenvalue weighted by atomic mass is 35.5. The van der Waals surface area contributed by atoms with Crippen LogP contribution in [0, 0.1) is 0 Å². The molecular formula is C15H17ClN2O2. The Hall–Kier alpha value is -1.65. The van der Waals surface area contributed by atoms with Crippen molar-refractivity contribution in [2.45, 2.75) is 19.4 Å². The van der Waals surface area contributed by atoms with Gasteiger partial charge in [-0.1, -0.05) is 17.7 Å². The van der Waals surface area contributed by atoms with Crippen LogP contribution >= 0.6 is 11.6 Å². The first-order valence-electron chi connectivity index (χ1n) is 6.50. The zero-order chi connectivity index (χ0) is 14.5. The van der Waals surface area contributed by atoms with E-state index in [-0.39, 0.29) is 6.42 Å². The average molecular weight is 293 g/mol. The Kier molecular flexibility index (Phi) is 4.93. The van der Waals surface area contributed by atoms with E-state index in [0.29, 0.717) is 11.4 Å². The molecule has 0 fully saturated rings. The molecule has 1 heterocycles. The number of halogens is 1. The fourth-order valence-corrected chi connectivity index (χ4v) is 2.41. The summed E-state index contributed by atoms with van der Waals surface area (Å²) < 4.78 is 0. The molecule has 2 rings (SSSR count). The van der Waals surface area contributed by atoms with E-state index in [1.54, 1.807) is 6.20 Å². The van der Waals surface area contributed by atoms with Crippen LogP contribution in [0.1, 0.15) is 18.4 Å². The summed E-state index contributed by atoms with van der Waals surface area (Å²) in [6, 6.07) is 7.69. The highest BCUT2D eigenvalue weighted by Crippen LogP contribution is 2.25. The van der Waals surface area contributed by atoms with Crippen LogP contribution < -0.4 is 0 Å². The summed E-state index contributed by atoms with van der Waals surface area (Å²) in [5.41, 5.74) is 2.01. The Morgan fingerprint density at radius 2 is 2.20 bits per heavy atom. The zero-order valence-corrected chi connectivity index (χ0v) is 12.1. The zero-order valence-electron chi connectivity index (χ0n) is 11.3.